The van der Waals surface area contributed by atoms with Gasteiger partial charge < -0.3 is 10.6 Å². The lowest BCUT2D eigenvalue weighted by atomic mass is 10.0. The Kier molecular flexibility index (Phi) is 7.19. The van der Waals surface area contributed by atoms with Crippen LogP contribution in [-0.2, 0) is 14.8 Å². The maximum atomic E-state index is 13.6. The Morgan fingerprint density at radius 3 is 2.25 bits per heavy atom. The highest BCUT2D eigenvalue weighted by molar-refractivity contribution is 7.89. The second-order valence-corrected chi connectivity index (χ2v) is 9.50. The predicted molar refractivity (Wildman–Crippen MR) is 111 cm³/mol. The molecular weight excluding hydrogens is 447 g/mol. The number of rotatable bonds is 6. The summed E-state index contributed by atoms with van der Waals surface area (Å²) in [4.78, 5) is 24.2. The van der Waals surface area contributed by atoms with Crippen LogP contribution in [0.5, 0.6) is 0 Å². The van der Waals surface area contributed by atoms with Crippen molar-refractivity contribution in [3.05, 3.63) is 59.4 Å². The molecule has 0 spiro atoms. The van der Waals surface area contributed by atoms with Crippen molar-refractivity contribution in [2.75, 3.05) is 25.0 Å². The summed E-state index contributed by atoms with van der Waals surface area (Å²) in [6.07, 6.45) is 1.58. The minimum Gasteiger partial charge on any atom is -0.343 e. The van der Waals surface area contributed by atoms with Crippen LogP contribution >= 0.6 is 0 Å². The molecule has 2 aromatic rings. The van der Waals surface area contributed by atoms with Gasteiger partial charge in [-0.2, -0.15) is 4.31 Å². The molecule has 7 nitrogen and oxygen atoms in total. The van der Waals surface area contributed by atoms with Crippen molar-refractivity contribution in [1.82, 2.24) is 9.62 Å². The monoisotopic (exact) mass is 469 g/mol. The zero-order valence-corrected chi connectivity index (χ0v) is 18.0. The fourth-order valence-corrected chi connectivity index (χ4v) is 4.70. The number of nitrogens with zero attached hydrogens (tertiary/aromatic N) is 1. The van der Waals surface area contributed by atoms with Gasteiger partial charge in [0.15, 0.2) is 17.5 Å². The topological polar surface area (TPSA) is 95.6 Å². The van der Waals surface area contributed by atoms with Crippen molar-refractivity contribution in [2.45, 2.75) is 24.7 Å². The van der Waals surface area contributed by atoms with Crippen molar-refractivity contribution < 1.29 is 31.2 Å². The quantitative estimate of drug-likeness (QED) is 0.636. The van der Waals surface area contributed by atoms with Gasteiger partial charge in [0, 0.05) is 18.7 Å². The fraction of sp³-hybridized carbons (Fsp3) is 0.333. The standard InChI is InChI=1S/C21H22F3N3O4S/c1-13-8-10-27(11-9-13)32(30,31)15-4-2-14(3-5-15)21(29)25-12-18(28)26-17-7-6-16(22)19(23)20(17)24/h2-7,13H,8-12H2,1H3,(H,25,29)(H,26,28). The summed E-state index contributed by atoms with van der Waals surface area (Å²) in [5.41, 5.74) is -0.451. The molecule has 2 amide bonds. The molecule has 1 saturated heterocycles. The van der Waals surface area contributed by atoms with Crippen LogP contribution in [0.4, 0.5) is 18.9 Å². The second kappa shape index (κ2) is 9.70. The van der Waals surface area contributed by atoms with Gasteiger partial charge in [-0.1, -0.05) is 6.92 Å². The minimum atomic E-state index is -3.65. The second-order valence-electron chi connectivity index (χ2n) is 7.56. The molecule has 0 unspecified atom stereocenters. The van der Waals surface area contributed by atoms with Gasteiger partial charge in [-0.25, -0.2) is 21.6 Å². The average molecular weight is 469 g/mol. The van der Waals surface area contributed by atoms with Crippen LogP contribution in [0.1, 0.15) is 30.1 Å². The van der Waals surface area contributed by atoms with Crippen LogP contribution in [-0.4, -0.2) is 44.2 Å². The smallest absolute Gasteiger partial charge is 0.251 e. The van der Waals surface area contributed by atoms with Crippen molar-refractivity contribution in [1.29, 1.82) is 0 Å². The van der Waals surface area contributed by atoms with E-state index in [2.05, 4.69) is 12.2 Å². The first-order chi connectivity index (χ1) is 15.1. The van der Waals surface area contributed by atoms with E-state index in [1.165, 1.54) is 28.6 Å². The van der Waals surface area contributed by atoms with E-state index < -0.39 is 51.5 Å². The van der Waals surface area contributed by atoms with Crippen molar-refractivity contribution in [2.24, 2.45) is 5.92 Å². The third-order valence-electron chi connectivity index (χ3n) is 5.22. The third-order valence-corrected chi connectivity index (χ3v) is 7.13. The number of piperidine rings is 1. The summed E-state index contributed by atoms with van der Waals surface area (Å²) in [5.74, 6) is -5.72. The number of carbonyl (C=O) groups is 2. The van der Waals surface area contributed by atoms with Crippen LogP contribution < -0.4 is 10.6 Å². The molecule has 0 aliphatic carbocycles. The first-order valence-corrected chi connectivity index (χ1v) is 11.4. The Morgan fingerprint density at radius 2 is 1.62 bits per heavy atom. The molecule has 1 heterocycles. The van der Waals surface area contributed by atoms with E-state index in [1.54, 1.807) is 0 Å². The van der Waals surface area contributed by atoms with Gasteiger partial charge in [0.1, 0.15) is 0 Å². The molecule has 1 fully saturated rings. The zero-order chi connectivity index (χ0) is 23.5. The minimum absolute atomic E-state index is 0.0650. The van der Waals surface area contributed by atoms with Gasteiger partial charge in [-0.05, 0) is 55.2 Å². The highest BCUT2D eigenvalue weighted by Crippen LogP contribution is 2.23. The fourth-order valence-electron chi connectivity index (χ4n) is 3.23. The largest absolute Gasteiger partial charge is 0.343 e. The predicted octanol–water partition coefficient (Wildman–Crippen LogP) is 2.89. The number of hydrogen-bond donors (Lipinski definition) is 2. The summed E-state index contributed by atoms with van der Waals surface area (Å²) in [6.45, 7) is 2.40. The van der Waals surface area contributed by atoms with Gasteiger partial charge in [0.2, 0.25) is 15.9 Å². The van der Waals surface area contributed by atoms with Crippen molar-refractivity contribution >= 4 is 27.5 Å². The maximum Gasteiger partial charge on any atom is 0.251 e. The number of hydrogen-bond acceptors (Lipinski definition) is 4. The van der Waals surface area contributed by atoms with E-state index in [0.29, 0.717) is 25.1 Å². The first kappa shape index (κ1) is 23.7. The molecule has 172 valence electrons. The number of benzene rings is 2. The highest BCUT2D eigenvalue weighted by Gasteiger charge is 2.28. The molecule has 0 aromatic heterocycles. The van der Waals surface area contributed by atoms with Gasteiger partial charge in [-0.15, -0.1) is 0 Å². The Labute approximate surface area is 183 Å². The van der Waals surface area contributed by atoms with Crippen LogP contribution in [0.3, 0.4) is 0 Å². The van der Waals surface area contributed by atoms with Gasteiger partial charge in [-0.3, -0.25) is 9.59 Å². The Morgan fingerprint density at radius 1 is 1.00 bits per heavy atom. The maximum absolute atomic E-state index is 13.6. The van der Waals surface area contributed by atoms with E-state index in [9.17, 15) is 31.2 Å². The molecule has 2 N–H and O–H groups in total. The van der Waals surface area contributed by atoms with Gasteiger partial charge in [0.25, 0.3) is 5.91 Å². The molecule has 0 bridgehead atoms. The average Bonchev–Trinajstić information content (AvgIpc) is 2.78. The lowest BCUT2D eigenvalue weighted by molar-refractivity contribution is -0.115. The van der Waals surface area contributed by atoms with E-state index in [-0.39, 0.29) is 10.5 Å². The summed E-state index contributed by atoms with van der Waals surface area (Å²) in [7, 11) is -3.65. The molecule has 1 aliphatic heterocycles. The Balaban J connectivity index is 1.58. The molecule has 11 heteroatoms. The van der Waals surface area contributed by atoms with E-state index in [1.807, 2.05) is 5.32 Å². The molecule has 3 rings (SSSR count). The lowest BCUT2D eigenvalue weighted by Crippen LogP contribution is -2.37. The SMILES string of the molecule is CC1CCN(S(=O)(=O)c2ccc(C(=O)NCC(=O)Nc3ccc(F)c(F)c3F)cc2)CC1. The van der Waals surface area contributed by atoms with Crippen LogP contribution in [0.15, 0.2) is 41.3 Å². The lowest BCUT2D eigenvalue weighted by Gasteiger charge is -2.29. The molecule has 0 saturated carbocycles. The molecule has 2 aromatic carbocycles. The summed E-state index contributed by atoms with van der Waals surface area (Å²) in [6, 6.07) is 6.80. The number of anilines is 1. The third kappa shape index (κ3) is 5.28. The number of nitrogens with one attached hydrogen (secondary N) is 2. The van der Waals surface area contributed by atoms with Crippen LogP contribution in [0.2, 0.25) is 0 Å². The number of carbonyl (C=O) groups excluding carboxylic acids is 2. The zero-order valence-electron chi connectivity index (χ0n) is 17.2. The number of amides is 2. The van der Waals surface area contributed by atoms with Crippen molar-refractivity contribution in [3.8, 4) is 0 Å². The number of halogens is 3. The number of sulfonamides is 1. The van der Waals surface area contributed by atoms with E-state index in [0.717, 1.165) is 18.9 Å². The van der Waals surface area contributed by atoms with E-state index in [4.69, 9.17) is 0 Å². The molecular formula is C21H22F3N3O4S. The summed E-state index contributed by atoms with van der Waals surface area (Å²) >= 11 is 0. The van der Waals surface area contributed by atoms with Crippen molar-refractivity contribution in [3.63, 3.8) is 0 Å². The van der Waals surface area contributed by atoms with Gasteiger partial charge >= 0.3 is 0 Å². The molecule has 32 heavy (non-hydrogen) atoms. The summed E-state index contributed by atoms with van der Waals surface area (Å²) < 4.78 is 66.6. The Bertz CT molecular complexity index is 1120. The van der Waals surface area contributed by atoms with Crippen LogP contribution in [0, 0.1) is 23.4 Å². The molecule has 1 aliphatic rings. The Hall–Kier alpha value is -2.92. The van der Waals surface area contributed by atoms with Gasteiger partial charge in [0.05, 0.1) is 17.1 Å². The first-order valence-electron chi connectivity index (χ1n) is 9.91. The molecule has 0 radical (unpaired) electrons. The molecule has 0 atom stereocenters. The normalized spacial score (nSPS) is 15.4. The van der Waals surface area contributed by atoms with Crippen LogP contribution in [0.25, 0.3) is 0 Å². The van der Waals surface area contributed by atoms with E-state index >= 15 is 0 Å². The summed E-state index contributed by atoms with van der Waals surface area (Å²) in [5, 5.41) is 4.32. The highest BCUT2D eigenvalue weighted by atomic mass is 32.2.